The Bertz CT molecular complexity index is 273. The van der Waals surface area contributed by atoms with E-state index in [1.807, 2.05) is 19.2 Å². The van der Waals surface area contributed by atoms with Gasteiger partial charge in [0.15, 0.2) is 0 Å². The lowest BCUT2D eigenvalue weighted by molar-refractivity contribution is 0.768. The predicted molar refractivity (Wildman–Crippen MR) is 51.5 cm³/mol. The van der Waals surface area contributed by atoms with Gasteiger partial charge in [-0.15, -0.1) is 0 Å². The molecule has 1 heterocycles. The molecule has 0 aliphatic carbocycles. The number of pyridine rings is 1. The minimum absolute atomic E-state index is 0.329. The van der Waals surface area contributed by atoms with Crippen molar-refractivity contribution in [2.45, 2.75) is 19.8 Å². The van der Waals surface area contributed by atoms with E-state index in [0.29, 0.717) is 17.5 Å². The lowest BCUT2D eigenvalue weighted by atomic mass is 10.0. The Morgan fingerprint density at radius 1 is 1.67 bits per heavy atom. The molecule has 0 saturated carbocycles. The number of nitrogens with zero attached hydrogens (tertiary/aromatic N) is 1. The van der Waals surface area contributed by atoms with E-state index in [1.54, 1.807) is 0 Å². The molecule has 1 atom stereocenters. The molecule has 1 aromatic heterocycles. The van der Waals surface area contributed by atoms with Crippen LogP contribution in [0, 0.1) is 6.92 Å². The minimum atomic E-state index is 0.329. The molecule has 0 amide bonds. The summed E-state index contributed by atoms with van der Waals surface area (Å²) < 4.78 is 0. The highest BCUT2D eigenvalue weighted by atomic mass is 35.5. The number of nitrogens with two attached hydrogens (primary N) is 1. The molecule has 2 nitrogen and oxygen atoms in total. The number of halogens is 1. The molecule has 0 fully saturated rings. The van der Waals surface area contributed by atoms with Crippen molar-refractivity contribution in [3.63, 3.8) is 0 Å². The zero-order valence-electron chi connectivity index (χ0n) is 7.34. The van der Waals surface area contributed by atoms with E-state index in [1.165, 1.54) is 0 Å². The SMILES string of the molecule is Cc1ncc(C(C)CN)cc1Cl. The Morgan fingerprint density at radius 3 is 2.83 bits per heavy atom. The van der Waals surface area contributed by atoms with Gasteiger partial charge in [-0.2, -0.15) is 0 Å². The molecule has 0 aliphatic rings. The predicted octanol–water partition coefficient (Wildman–Crippen LogP) is 2.11. The van der Waals surface area contributed by atoms with Crippen molar-refractivity contribution in [3.05, 3.63) is 28.5 Å². The Kier molecular flexibility index (Phi) is 3.06. The number of aromatic nitrogens is 1. The molecule has 0 aromatic carbocycles. The molecule has 2 N–H and O–H groups in total. The van der Waals surface area contributed by atoms with E-state index in [2.05, 4.69) is 11.9 Å². The number of hydrogen-bond acceptors (Lipinski definition) is 2. The van der Waals surface area contributed by atoms with Crippen LogP contribution >= 0.6 is 11.6 Å². The Labute approximate surface area is 77.8 Å². The summed E-state index contributed by atoms with van der Waals surface area (Å²) in [5.41, 5.74) is 7.49. The maximum absolute atomic E-state index is 5.91. The van der Waals surface area contributed by atoms with Gasteiger partial charge in [0, 0.05) is 6.20 Å². The highest BCUT2D eigenvalue weighted by Crippen LogP contribution is 2.19. The van der Waals surface area contributed by atoms with Crippen LogP contribution in [-0.4, -0.2) is 11.5 Å². The third-order valence-electron chi connectivity index (χ3n) is 1.97. The lowest BCUT2D eigenvalue weighted by Crippen LogP contribution is -2.09. The summed E-state index contributed by atoms with van der Waals surface area (Å²) in [5, 5.41) is 0.716. The van der Waals surface area contributed by atoms with Crippen molar-refractivity contribution in [2.75, 3.05) is 6.54 Å². The second-order valence-corrected chi connectivity index (χ2v) is 3.38. The fourth-order valence-corrected chi connectivity index (χ4v) is 1.10. The molecule has 66 valence electrons. The summed E-state index contributed by atoms with van der Waals surface area (Å²) in [6, 6.07) is 1.93. The van der Waals surface area contributed by atoms with Gasteiger partial charge in [-0.25, -0.2) is 0 Å². The first kappa shape index (κ1) is 9.49. The Morgan fingerprint density at radius 2 is 2.33 bits per heavy atom. The van der Waals surface area contributed by atoms with Gasteiger partial charge in [0.05, 0.1) is 10.7 Å². The summed E-state index contributed by atoms with van der Waals surface area (Å²) in [7, 11) is 0. The van der Waals surface area contributed by atoms with Crippen LogP contribution < -0.4 is 5.73 Å². The number of aryl methyl sites for hydroxylation is 1. The van der Waals surface area contributed by atoms with Crippen LogP contribution in [0.4, 0.5) is 0 Å². The summed E-state index contributed by atoms with van der Waals surface area (Å²) in [5.74, 6) is 0.329. The molecule has 0 spiro atoms. The molecule has 1 unspecified atom stereocenters. The van der Waals surface area contributed by atoms with Crippen LogP contribution in [0.2, 0.25) is 5.02 Å². The van der Waals surface area contributed by atoms with Gasteiger partial charge >= 0.3 is 0 Å². The van der Waals surface area contributed by atoms with Crippen LogP contribution in [-0.2, 0) is 0 Å². The average Bonchev–Trinajstić information content (AvgIpc) is 2.08. The van der Waals surface area contributed by atoms with Crippen molar-refractivity contribution in [2.24, 2.45) is 5.73 Å². The van der Waals surface area contributed by atoms with Gasteiger partial charge in [0.2, 0.25) is 0 Å². The maximum atomic E-state index is 5.91. The first-order chi connectivity index (χ1) is 5.65. The van der Waals surface area contributed by atoms with Gasteiger partial charge < -0.3 is 5.73 Å². The largest absolute Gasteiger partial charge is 0.330 e. The van der Waals surface area contributed by atoms with Crippen LogP contribution in [0.25, 0.3) is 0 Å². The van der Waals surface area contributed by atoms with Crippen molar-refractivity contribution in [1.29, 1.82) is 0 Å². The van der Waals surface area contributed by atoms with Gasteiger partial charge in [0.25, 0.3) is 0 Å². The average molecular weight is 185 g/mol. The van der Waals surface area contributed by atoms with Gasteiger partial charge in [-0.1, -0.05) is 18.5 Å². The second-order valence-electron chi connectivity index (χ2n) is 2.97. The topological polar surface area (TPSA) is 38.9 Å². The zero-order chi connectivity index (χ0) is 9.14. The van der Waals surface area contributed by atoms with E-state index < -0.39 is 0 Å². The van der Waals surface area contributed by atoms with Crippen LogP contribution in [0.5, 0.6) is 0 Å². The van der Waals surface area contributed by atoms with Crippen molar-refractivity contribution >= 4 is 11.6 Å². The molecule has 3 heteroatoms. The van der Waals surface area contributed by atoms with Gasteiger partial charge in [-0.05, 0) is 31.0 Å². The summed E-state index contributed by atoms with van der Waals surface area (Å²) in [6.07, 6.45) is 1.83. The monoisotopic (exact) mass is 184 g/mol. The number of hydrogen-bond donors (Lipinski definition) is 1. The molecular formula is C9H13ClN2. The highest BCUT2D eigenvalue weighted by Gasteiger charge is 2.05. The molecule has 1 rings (SSSR count). The Hall–Kier alpha value is -0.600. The quantitative estimate of drug-likeness (QED) is 0.765. The zero-order valence-corrected chi connectivity index (χ0v) is 8.10. The molecule has 1 aromatic rings. The van der Waals surface area contributed by atoms with E-state index in [0.717, 1.165) is 11.3 Å². The fourth-order valence-electron chi connectivity index (χ4n) is 0.927. The Balaban J connectivity index is 2.96. The van der Waals surface area contributed by atoms with Crippen molar-refractivity contribution in [1.82, 2.24) is 4.98 Å². The van der Waals surface area contributed by atoms with Gasteiger partial charge in [-0.3, -0.25) is 4.98 Å². The van der Waals surface area contributed by atoms with E-state index in [4.69, 9.17) is 17.3 Å². The second kappa shape index (κ2) is 3.87. The summed E-state index contributed by atoms with van der Waals surface area (Å²) >= 11 is 5.91. The van der Waals surface area contributed by atoms with Crippen molar-refractivity contribution < 1.29 is 0 Å². The third-order valence-corrected chi connectivity index (χ3v) is 2.35. The van der Waals surface area contributed by atoms with Gasteiger partial charge in [0.1, 0.15) is 0 Å². The maximum Gasteiger partial charge on any atom is 0.0621 e. The third kappa shape index (κ3) is 1.96. The first-order valence-corrected chi connectivity index (χ1v) is 4.35. The highest BCUT2D eigenvalue weighted by molar-refractivity contribution is 6.31. The smallest absolute Gasteiger partial charge is 0.0621 e. The van der Waals surface area contributed by atoms with E-state index in [9.17, 15) is 0 Å². The van der Waals surface area contributed by atoms with E-state index in [-0.39, 0.29) is 0 Å². The molecule has 0 saturated heterocycles. The van der Waals surface area contributed by atoms with Crippen molar-refractivity contribution in [3.8, 4) is 0 Å². The molecule has 0 aliphatic heterocycles. The summed E-state index contributed by atoms with van der Waals surface area (Å²) in [6.45, 7) is 4.57. The minimum Gasteiger partial charge on any atom is -0.330 e. The molecule has 12 heavy (non-hydrogen) atoms. The van der Waals surface area contributed by atoms with Crippen LogP contribution in [0.1, 0.15) is 24.1 Å². The molecule has 0 radical (unpaired) electrons. The fraction of sp³-hybridized carbons (Fsp3) is 0.444. The molecule has 0 bridgehead atoms. The van der Waals surface area contributed by atoms with E-state index >= 15 is 0 Å². The normalized spacial score (nSPS) is 13.0. The first-order valence-electron chi connectivity index (χ1n) is 3.97. The lowest BCUT2D eigenvalue weighted by Gasteiger charge is -2.08. The molecular weight excluding hydrogens is 172 g/mol. The van der Waals surface area contributed by atoms with Crippen LogP contribution in [0.3, 0.4) is 0 Å². The van der Waals surface area contributed by atoms with Crippen LogP contribution in [0.15, 0.2) is 12.3 Å². The standard InChI is InChI=1S/C9H13ClN2/c1-6(4-11)8-3-9(10)7(2)12-5-8/h3,5-6H,4,11H2,1-2H3. The summed E-state index contributed by atoms with van der Waals surface area (Å²) in [4.78, 5) is 4.16. The number of rotatable bonds is 2.